The van der Waals surface area contributed by atoms with Gasteiger partial charge in [-0.3, -0.25) is 4.99 Å². The second-order valence-electron chi connectivity index (χ2n) is 4.59. The smallest absolute Gasteiger partial charge is 0.180 e. The maximum absolute atomic E-state index is 9.92. The molecule has 1 saturated heterocycles. The molecule has 20 heavy (non-hydrogen) atoms. The molecule has 0 aliphatic carbocycles. The lowest BCUT2D eigenvalue weighted by atomic mass is 9.97. The van der Waals surface area contributed by atoms with Crippen molar-refractivity contribution in [2.75, 3.05) is 6.61 Å². The van der Waals surface area contributed by atoms with Crippen LogP contribution in [0.4, 0.5) is 0 Å². The largest absolute Gasteiger partial charge is 0.394 e. The number of benzene rings is 1. The molecule has 2 rings (SSSR count). The Labute approximate surface area is 118 Å². The molecule has 0 bridgehead atoms. The van der Waals surface area contributed by atoms with Crippen molar-refractivity contribution in [3.8, 4) is 0 Å². The van der Waals surface area contributed by atoms with Crippen molar-refractivity contribution in [3.63, 3.8) is 0 Å². The highest BCUT2D eigenvalue weighted by Gasteiger charge is 2.43. The van der Waals surface area contributed by atoms with Gasteiger partial charge in [-0.15, -0.1) is 0 Å². The molecule has 0 spiro atoms. The van der Waals surface area contributed by atoms with Crippen molar-refractivity contribution < 1.29 is 26.5 Å². The molecule has 1 aromatic carbocycles. The zero-order valence-electron chi connectivity index (χ0n) is 11.8. The van der Waals surface area contributed by atoms with E-state index in [4.69, 9.17) is 11.2 Å². The van der Waals surface area contributed by atoms with E-state index in [0.717, 1.165) is 5.56 Å². The molecule has 2 unspecified atom stereocenters. The number of hydrogen-bond donors (Lipinski definition) is 4. The number of aliphatic hydroxyl groups is 4. The highest BCUT2D eigenvalue weighted by Crippen LogP contribution is 2.21. The van der Waals surface area contributed by atoms with E-state index in [0.29, 0.717) is 0 Å². The first-order valence-electron chi connectivity index (χ1n) is 6.93. The van der Waals surface area contributed by atoms with Crippen LogP contribution < -0.4 is 0 Å². The van der Waals surface area contributed by atoms with Crippen LogP contribution in [0.25, 0.3) is 0 Å². The Bertz CT molecular complexity index is 472. The van der Waals surface area contributed by atoms with Gasteiger partial charge in [-0.1, -0.05) is 30.3 Å². The molecule has 0 amide bonds. The Morgan fingerprint density at radius 3 is 2.55 bits per heavy atom. The lowest BCUT2D eigenvalue weighted by Crippen LogP contribution is -2.57. The summed E-state index contributed by atoms with van der Waals surface area (Å²) in [4.78, 5) is 3.96. The number of aliphatic imine (C=N–C) groups is 1. The SMILES string of the molecule is [2H]C(C=N[C@H]1C(O)O[C@H](CO)[C@@H](O)[C@@H]1O)c1ccccc1. The van der Waals surface area contributed by atoms with Gasteiger partial charge >= 0.3 is 0 Å². The summed E-state index contributed by atoms with van der Waals surface area (Å²) < 4.78 is 12.9. The summed E-state index contributed by atoms with van der Waals surface area (Å²) in [5, 5.41) is 38.4. The van der Waals surface area contributed by atoms with Crippen LogP contribution >= 0.6 is 0 Å². The predicted molar refractivity (Wildman–Crippen MR) is 72.4 cm³/mol. The predicted octanol–water partition coefficient (Wildman–Crippen LogP) is -0.900. The van der Waals surface area contributed by atoms with E-state index >= 15 is 0 Å². The first kappa shape index (κ1) is 13.7. The summed E-state index contributed by atoms with van der Waals surface area (Å²) >= 11 is 0. The summed E-state index contributed by atoms with van der Waals surface area (Å²) in [6, 6.07) is 7.87. The summed E-state index contributed by atoms with van der Waals surface area (Å²) in [7, 11) is 0. The van der Waals surface area contributed by atoms with Gasteiger partial charge in [0.1, 0.15) is 24.4 Å². The monoisotopic (exact) mass is 282 g/mol. The van der Waals surface area contributed by atoms with Crippen molar-refractivity contribution in [1.82, 2.24) is 0 Å². The Kier molecular flexibility index (Phi) is 4.73. The van der Waals surface area contributed by atoms with E-state index in [1.165, 1.54) is 6.21 Å². The first-order chi connectivity index (χ1) is 10.0. The second-order valence-corrected chi connectivity index (χ2v) is 4.59. The van der Waals surface area contributed by atoms with Gasteiger partial charge in [0.25, 0.3) is 0 Å². The Morgan fingerprint density at radius 2 is 1.90 bits per heavy atom. The van der Waals surface area contributed by atoms with Crippen molar-refractivity contribution in [2.45, 2.75) is 37.0 Å². The van der Waals surface area contributed by atoms with Crippen LogP contribution in [0.15, 0.2) is 35.3 Å². The number of aliphatic hydroxyl groups excluding tert-OH is 4. The van der Waals surface area contributed by atoms with Crippen LogP contribution in [0.5, 0.6) is 0 Å². The standard InChI is InChI=1S/C14H19NO5/c16-8-10-12(17)13(18)11(14(19)20-10)15-7-6-9-4-2-1-3-5-9/h1-5,7,10-14,16-19H,6,8H2/t10-,11-,12-,13-,14?/m1/s1/i6D/t6?,10-,11-,12-,13-,14?. The Hall–Kier alpha value is -1.31. The fourth-order valence-corrected chi connectivity index (χ4v) is 2.04. The minimum absolute atomic E-state index is 0.517. The average molecular weight is 282 g/mol. The lowest BCUT2D eigenvalue weighted by molar-refractivity contribution is -0.248. The number of hydrogen-bond acceptors (Lipinski definition) is 6. The quantitative estimate of drug-likeness (QED) is 0.536. The molecule has 1 aliphatic rings. The molecule has 1 fully saturated rings. The summed E-state index contributed by atoms with van der Waals surface area (Å²) in [6.07, 6.45) is -4.69. The molecule has 6 atom stereocenters. The molecule has 0 saturated carbocycles. The second kappa shape index (κ2) is 6.92. The van der Waals surface area contributed by atoms with Crippen LogP contribution in [-0.4, -0.2) is 63.9 Å². The zero-order chi connectivity index (χ0) is 15.4. The fraction of sp³-hybridized carbons (Fsp3) is 0.500. The highest BCUT2D eigenvalue weighted by molar-refractivity contribution is 5.61. The number of nitrogens with zero attached hydrogens (tertiary/aromatic N) is 1. The van der Waals surface area contributed by atoms with Gasteiger partial charge in [0.15, 0.2) is 6.29 Å². The lowest BCUT2D eigenvalue weighted by Gasteiger charge is -2.38. The first-order valence-corrected chi connectivity index (χ1v) is 6.35. The van der Waals surface area contributed by atoms with E-state index in [2.05, 4.69) is 4.99 Å². The maximum atomic E-state index is 9.92. The van der Waals surface area contributed by atoms with Crippen molar-refractivity contribution in [3.05, 3.63) is 35.9 Å². The summed E-state index contributed by atoms with van der Waals surface area (Å²) in [5.74, 6) is 0. The number of ether oxygens (including phenoxy) is 1. The summed E-state index contributed by atoms with van der Waals surface area (Å²) in [5.41, 5.74) is 0.718. The van der Waals surface area contributed by atoms with E-state index in [1.54, 1.807) is 24.3 Å². The molecule has 0 aromatic heterocycles. The third-order valence-electron chi connectivity index (χ3n) is 3.19. The van der Waals surface area contributed by atoms with Crippen molar-refractivity contribution in [2.24, 2.45) is 4.99 Å². The average Bonchev–Trinajstić information content (AvgIpc) is 2.51. The zero-order valence-corrected chi connectivity index (χ0v) is 10.8. The molecule has 6 nitrogen and oxygen atoms in total. The Morgan fingerprint density at radius 1 is 1.20 bits per heavy atom. The van der Waals surface area contributed by atoms with Gasteiger partial charge in [0, 0.05) is 14.0 Å². The third-order valence-corrected chi connectivity index (χ3v) is 3.19. The minimum Gasteiger partial charge on any atom is -0.394 e. The molecule has 1 heterocycles. The molecule has 6 heteroatoms. The molecule has 1 aliphatic heterocycles. The van der Waals surface area contributed by atoms with Crippen LogP contribution in [0.1, 0.15) is 6.93 Å². The molecule has 4 N–H and O–H groups in total. The van der Waals surface area contributed by atoms with Crippen LogP contribution in [0, 0.1) is 0 Å². The van der Waals surface area contributed by atoms with Gasteiger partial charge in [0.05, 0.1) is 6.61 Å². The molecule has 1 aromatic rings. The van der Waals surface area contributed by atoms with Crippen molar-refractivity contribution in [1.29, 1.82) is 0 Å². The maximum Gasteiger partial charge on any atom is 0.180 e. The van der Waals surface area contributed by atoms with E-state index < -0.39 is 43.6 Å². The third kappa shape index (κ3) is 3.41. The van der Waals surface area contributed by atoms with Gasteiger partial charge in [-0.2, -0.15) is 0 Å². The Balaban J connectivity index is 2.06. The van der Waals surface area contributed by atoms with E-state index in [-0.39, 0.29) is 0 Å². The van der Waals surface area contributed by atoms with E-state index in [9.17, 15) is 15.3 Å². The highest BCUT2D eigenvalue weighted by atomic mass is 16.6. The van der Waals surface area contributed by atoms with Gasteiger partial charge in [-0.25, -0.2) is 0 Å². The molecular weight excluding hydrogens is 262 g/mol. The van der Waals surface area contributed by atoms with Crippen LogP contribution in [0.2, 0.25) is 0 Å². The molecular formula is C14H19NO5. The summed E-state index contributed by atoms with van der Waals surface area (Å²) in [6.45, 7) is -0.517. The minimum atomic E-state index is -1.44. The number of rotatable bonds is 4. The van der Waals surface area contributed by atoms with E-state index in [1.807, 2.05) is 6.07 Å². The topological polar surface area (TPSA) is 103 Å². The van der Waals surface area contributed by atoms with Crippen LogP contribution in [0.3, 0.4) is 0 Å². The van der Waals surface area contributed by atoms with Crippen LogP contribution in [-0.2, 0) is 11.1 Å². The van der Waals surface area contributed by atoms with Gasteiger partial charge < -0.3 is 25.2 Å². The van der Waals surface area contributed by atoms with Gasteiger partial charge in [0.2, 0.25) is 0 Å². The van der Waals surface area contributed by atoms with Gasteiger partial charge in [-0.05, 0) is 5.56 Å². The normalized spacial score (nSPS) is 36.8. The fourth-order valence-electron chi connectivity index (χ4n) is 2.04. The molecule has 110 valence electrons. The molecule has 0 radical (unpaired) electrons. The van der Waals surface area contributed by atoms with Crippen molar-refractivity contribution >= 4 is 6.21 Å².